The maximum absolute atomic E-state index is 12.6. The standard InChI is InChI=1S/C19H17F3N2O2/c20-19(21,22)10-13-3-1-2-4-14(13)11-23-18(26)24-15-6-7-16-12(9-15)5-8-17(16)25/h1-4,6-7,9H,5,8,10-11H2,(H2,23,24,26). The van der Waals surface area contributed by atoms with Crippen molar-refractivity contribution in [2.45, 2.75) is 32.0 Å². The van der Waals surface area contributed by atoms with Crippen LogP contribution in [0.4, 0.5) is 23.7 Å². The quantitative estimate of drug-likeness (QED) is 0.855. The zero-order valence-electron chi connectivity index (χ0n) is 13.8. The van der Waals surface area contributed by atoms with Crippen molar-refractivity contribution in [3.05, 3.63) is 64.7 Å². The van der Waals surface area contributed by atoms with Crippen LogP contribution < -0.4 is 10.6 Å². The molecule has 136 valence electrons. The highest BCUT2D eigenvalue weighted by Gasteiger charge is 2.28. The molecule has 1 aliphatic rings. The Morgan fingerprint density at radius 1 is 1.04 bits per heavy atom. The van der Waals surface area contributed by atoms with E-state index in [1.165, 1.54) is 12.1 Å². The van der Waals surface area contributed by atoms with E-state index in [4.69, 9.17) is 0 Å². The molecule has 26 heavy (non-hydrogen) atoms. The number of carbonyl (C=O) groups is 2. The van der Waals surface area contributed by atoms with Crippen LogP contribution in [0.2, 0.25) is 0 Å². The van der Waals surface area contributed by atoms with Gasteiger partial charge in [-0.05, 0) is 41.3 Å². The zero-order valence-corrected chi connectivity index (χ0v) is 13.8. The third-order valence-electron chi connectivity index (χ3n) is 4.23. The Bertz CT molecular complexity index is 847. The van der Waals surface area contributed by atoms with Gasteiger partial charge in [-0.15, -0.1) is 0 Å². The molecule has 7 heteroatoms. The summed E-state index contributed by atoms with van der Waals surface area (Å²) in [5, 5.41) is 5.21. The predicted octanol–water partition coefficient (Wildman–Crippen LogP) is 4.24. The first-order valence-corrected chi connectivity index (χ1v) is 8.16. The van der Waals surface area contributed by atoms with E-state index in [1.54, 1.807) is 30.3 Å². The maximum atomic E-state index is 12.6. The summed E-state index contributed by atoms with van der Waals surface area (Å²) in [6, 6.07) is 10.7. The van der Waals surface area contributed by atoms with Crippen LogP contribution in [0.5, 0.6) is 0 Å². The van der Waals surface area contributed by atoms with Gasteiger partial charge in [0.1, 0.15) is 0 Å². The van der Waals surface area contributed by atoms with Crippen molar-refractivity contribution >= 4 is 17.5 Å². The molecule has 2 N–H and O–H groups in total. The number of anilines is 1. The lowest BCUT2D eigenvalue weighted by Gasteiger charge is -2.13. The first-order valence-electron chi connectivity index (χ1n) is 8.16. The van der Waals surface area contributed by atoms with Crippen LogP contribution in [-0.4, -0.2) is 18.0 Å². The highest BCUT2D eigenvalue weighted by molar-refractivity contribution is 6.01. The molecule has 0 unspecified atom stereocenters. The number of halogens is 3. The Hall–Kier alpha value is -2.83. The normalized spacial score (nSPS) is 13.4. The number of alkyl halides is 3. The van der Waals surface area contributed by atoms with Gasteiger partial charge in [-0.2, -0.15) is 13.2 Å². The molecule has 2 amide bonds. The first kappa shape index (κ1) is 18.0. The van der Waals surface area contributed by atoms with Gasteiger partial charge in [0.05, 0.1) is 6.42 Å². The van der Waals surface area contributed by atoms with E-state index >= 15 is 0 Å². The summed E-state index contributed by atoms with van der Waals surface area (Å²) in [7, 11) is 0. The van der Waals surface area contributed by atoms with Crippen molar-refractivity contribution in [1.82, 2.24) is 5.32 Å². The molecule has 3 rings (SSSR count). The summed E-state index contributed by atoms with van der Waals surface area (Å²) in [6.45, 7) is -0.0124. The van der Waals surface area contributed by atoms with Crippen LogP contribution in [0.25, 0.3) is 0 Å². The Balaban J connectivity index is 1.61. The summed E-state index contributed by atoms with van der Waals surface area (Å²) in [5.41, 5.74) is 2.66. The van der Waals surface area contributed by atoms with Crippen molar-refractivity contribution in [3.63, 3.8) is 0 Å². The molecule has 2 aromatic carbocycles. The fourth-order valence-corrected chi connectivity index (χ4v) is 3.00. The minimum atomic E-state index is -4.31. The summed E-state index contributed by atoms with van der Waals surface area (Å²) >= 11 is 0. The maximum Gasteiger partial charge on any atom is 0.393 e. The van der Waals surface area contributed by atoms with Gasteiger partial charge in [0.25, 0.3) is 0 Å². The van der Waals surface area contributed by atoms with Gasteiger partial charge in [0.2, 0.25) is 0 Å². The highest BCUT2D eigenvalue weighted by atomic mass is 19.4. The molecular weight excluding hydrogens is 345 g/mol. The monoisotopic (exact) mass is 362 g/mol. The van der Waals surface area contributed by atoms with Gasteiger partial charge in [-0.25, -0.2) is 4.79 Å². The van der Waals surface area contributed by atoms with Crippen molar-refractivity contribution in [3.8, 4) is 0 Å². The molecule has 0 spiro atoms. The number of hydrogen-bond acceptors (Lipinski definition) is 2. The Labute approximate surface area is 148 Å². The number of aryl methyl sites for hydroxylation is 1. The molecular formula is C19H17F3N2O2. The second kappa shape index (κ2) is 7.19. The van der Waals surface area contributed by atoms with Gasteiger partial charge in [-0.3, -0.25) is 4.79 Å². The molecule has 0 heterocycles. The number of hydrogen-bond donors (Lipinski definition) is 2. The summed E-state index contributed by atoms with van der Waals surface area (Å²) in [6.07, 6.45) is -4.22. The van der Waals surface area contributed by atoms with E-state index in [0.717, 1.165) is 5.56 Å². The van der Waals surface area contributed by atoms with Crippen molar-refractivity contribution in [2.24, 2.45) is 0 Å². The van der Waals surface area contributed by atoms with Crippen LogP contribution >= 0.6 is 0 Å². The number of fused-ring (bicyclic) bond motifs is 1. The first-order chi connectivity index (χ1) is 12.3. The van der Waals surface area contributed by atoms with Crippen LogP contribution in [0.15, 0.2) is 42.5 Å². The SMILES string of the molecule is O=C(NCc1ccccc1CC(F)(F)F)Nc1ccc2c(c1)CCC2=O. The minimum Gasteiger partial charge on any atom is -0.334 e. The number of benzene rings is 2. The lowest BCUT2D eigenvalue weighted by molar-refractivity contribution is -0.127. The fraction of sp³-hybridized carbons (Fsp3) is 0.263. The molecule has 0 saturated carbocycles. The third-order valence-corrected chi connectivity index (χ3v) is 4.23. The summed E-state index contributed by atoms with van der Waals surface area (Å²) < 4.78 is 37.9. The molecule has 0 saturated heterocycles. The Morgan fingerprint density at radius 3 is 2.50 bits per heavy atom. The number of rotatable bonds is 4. The minimum absolute atomic E-state index is 0.0124. The van der Waals surface area contributed by atoms with Gasteiger partial charge in [-0.1, -0.05) is 24.3 Å². The van der Waals surface area contributed by atoms with Gasteiger partial charge >= 0.3 is 12.2 Å². The largest absolute Gasteiger partial charge is 0.393 e. The lowest BCUT2D eigenvalue weighted by Crippen LogP contribution is -2.29. The Morgan fingerprint density at radius 2 is 1.77 bits per heavy atom. The molecule has 0 aromatic heterocycles. The number of urea groups is 1. The summed E-state index contributed by atoms with van der Waals surface area (Å²) in [5.74, 6) is 0.0947. The average Bonchev–Trinajstić information content (AvgIpc) is 2.93. The van der Waals surface area contributed by atoms with Crippen molar-refractivity contribution < 1.29 is 22.8 Å². The number of ketones is 1. The van der Waals surface area contributed by atoms with Gasteiger partial charge in [0, 0.05) is 24.2 Å². The van der Waals surface area contributed by atoms with E-state index in [0.29, 0.717) is 29.7 Å². The average molecular weight is 362 g/mol. The molecule has 2 aromatic rings. The predicted molar refractivity (Wildman–Crippen MR) is 91.2 cm³/mol. The number of amides is 2. The van der Waals surface area contributed by atoms with E-state index in [1.807, 2.05) is 0 Å². The molecule has 4 nitrogen and oxygen atoms in total. The van der Waals surface area contributed by atoms with Crippen LogP contribution in [0.3, 0.4) is 0 Å². The fourth-order valence-electron chi connectivity index (χ4n) is 3.00. The third kappa shape index (κ3) is 4.41. The summed E-state index contributed by atoms with van der Waals surface area (Å²) in [4.78, 5) is 23.6. The van der Waals surface area contributed by atoms with Crippen LogP contribution in [0, 0.1) is 0 Å². The van der Waals surface area contributed by atoms with Crippen LogP contribution in [0.1, 0.15) is 33.5 Å². The second-order valence-electron chi connectivity index (χ2n) is 6.16. The lowest BCUT2D eigenvalue weighted by atomic mass is 10.0. The second-order valence-corrected chi connectivity index (χ2v) is 6.16. The van der Waals surface area contributed by atoms with Crippen molar-refractivity contribution in [2.75, 3.05) is 5.32 Å². The van der Waals surface area contributed by atoms with Gasteiger partial charge < -0.3 is 10.6 Å². The zero-order chi connectivity index (χ0) is 18.7. The van der Waals surface area contributed by atoms with E-state index in [-0.39, 0.29) is 17.9 Å². The van der Waals surface area contributed by atoms with Crippen molar-refractivity contribution in [1.29, 1.82) is 0 Å². The number of Topliss-reactive ketones (excluding diaryl/α,β-unsaturated/α-hetero) is 1. The molecule has 0 atom stereocenters. The van der Waals surface area contributed by atoms with E-state index in [9.17, 15) is 22.8 Å². The van der Waals surface area contributed by atoms with Gasteiger partial charge in [0.15, 0.2) is 5.78 Å². The molecule has 0 aliphatic heterocycles. The molecule has 1 aliphatic carbocycles. The van der Waals surface area contributed by atoms with E-state index in [2.05, 4.69) is 10.6 Å². The molecule has 0 fully saturated rings. The van der Waals surface area contributed by atoms with Crippen LogP contribution in [-0.2, 0) is 19.4 Å². The molecule has 0 bridgehead atoms. The molecule has 0 radical (unpaired) electrons. The smallest absolute Gasteiger partial charge is 0.334 e. The number of carbonyl (C=O) groups excluding carboxylic acids is 2. The highest BCUT2D eigenvalue weighted by Crippen LogP contribution is 2.25. The number of nitrogens with one attached hydrogen (secondary N) is 2. The Kier molecular flexibility index (Phi) is 4.97. The topological polar surface area (TPSA) is 58.2 Å². The van der Waals surface area contributed by atoms with E-state index < -0.39 is 18.6 Å².